The number of hydrogen-bond donors (Lipinski definition) is 0. The van der Waals surface area contributed by atoms with Crippen molar-refractivity contribution in [2.45, 2.75) is 30.8 Å². The minimum absolute atomic E-state index is 0.290. The molecule has 0 amide bonds. The third-order valence-corrected chi connectivity index (χ3v) is 5.02. The van der Waals surface area contributed by atoms with Crippen LogP contribution in [0.3, 0.4) is 0 Å². The number of nitrogens with zero attached hydrogens (tertiary/aromatic N) is 2. The van der Waals surface area contributed by atoms with E-state index in [1.54, 1.807) is 26.0 Å². The highest BCUT2D eigenvalue weighted by Gasteiger charge is 2.21. The predicted molar refractivity (Wildman–Crippen MR) is 108 cm³/mol. The lowest BCUT2D eigenvalue weighted by molar-refractivity contribution is 0.0525. The Morgan fingerprint density at radius 2 is 1.70 bits per heavy atom. The van der Waals surface area contributed by atoms with Gasteiger partial charge in [0.25, 0.3) is 0 Å². The fraction of sp³-hybridized carbons (Fsp3) is 0.190. The van der Waals surface area contributed by atoms with E-state index in [4.69, 9.17) is 16.3 Å². The predicted octanol–water partition coefficient (Wildman–Crippen LogP) is 5.74. The van der Waals surface area contributed by atoms with Gasteiger partial charge in [-0.1, -0.05) is 41.4 Å². The fourth-order valence-electron chi connectivity index (χ4n) is 2.57. The molecular formula is C21H19ClN2O2S. The van der Waals surface area contributed by atoms with Gasteiger partial charge >= 0.3 is 5.97 Å². The van der Waals surface area contributed by atoms with Gasteiger partial charge in [0.1, 0.15) is 5.56 Å². The van der Waals surface area contributed by atoms with E-state index in [0.717, 1.165) is 10.5 Å². The van der Waals surface area contributed by atoms with Crippen molar-refractivity contribution in [1.29, 1.82) is 0 Å². The Morgan fingerprint density at radius 3 is 2.33 bits per heavy atom. The Bertz CT molecular complexity index is 957. The van der Waals surface area contributed by atoms with Crippen LogP contribution >= 0.6 is 23.4 Å². The number of rotatable bonds is 5. The molecular weight excluding hydrogens is 380 g/mol. The summed E-state index contributed by atoms with van der Waals surface area (Å²) in [5.41, 5.74) is 3.50. The van der Waals surface area contributed by atoms with E-state index in [1.807, 2.05) is 43.3 Å². The van der Waals surface area contributed by atoms with Crippen LogP contribution in [-0.2, 0) is 4.74 Å². The fourth-order valence-corrected chi connectivity index (χ4v) is 3.50. The van der Waals surface area contributed by atoms with Crippen LogP contribution < -0.4 is 0 Å². The second-order valence-electron chi connectivity index (χ2n) is 5.96. The molecule has 0 unspecified atom stereocenters. The lowest BCUT2D eigenvalue weighted by Crippen LogP contribution is -2.12. The molecule has 4 nitrogen and oxygen atoms in total. The van der Waals surface area contributed by atoms with Gasteiger partial charge in [-0.2, -0.15) is 0 Å². The standard InChI is InChI=1S/C21H19ClN2O2S/c1-4-26-20(25)18-14(3)23-21(27-17-11-5-13(2)6-12-17)24-19(18)15-7-9-16(22)10-8-15/h5-12H,4H2,1-3H3. The summed E-state index contributed by atoms with van der Waals surface area (Å²) in [4.78, 5) is 22.7. The number of esters is 1. The zero-order valence-corrected chi connectivity index (χ0v) is 16.9. The largest absolute Gasteiger partial charge is 0.462 e. The van der Waals surface area contributed by atoms with E-state index in [9.17, 15) is 4.79 Å². The normalized spacial score (nSPS) is 10.7. The second-order valence-corrected chi connectivity index (χ2v) is 7.43. The van der Waals surface area contributed by atoms with Gasteiger partial charge < -0.3 is 4.74 Å². The van der Waals surface area contributed by atoms with Crippen molar-refractivity contribution in [3.05, 3.63) is 70.4 Å². The van der Waals surface area contributed by atoms with Gasteiger partial charge in [0.15, 0.2) is 5.16 Å². The summed E-state index contributed by atoms with van der Waals surface area (Å²) in [5.74, 6) is -0.424. The molecule has 0 spiro atoms. The Hall–Kier alpha value is -2.37. The molecule has 27 heavy (non-hydrogen) atoms. The van der Waals surface area contributed by atoms with Crippen molar-refractivity contribution in [1.82, 2.24) is 9.97 Å². The summed E-state index contributed by atoms with van der Waals surface area (Å²) in [6, 6.07) is 15.4. The summed E-state index contributed by atoms with van der Waals surface area (Å²) in [5, 5.41) is 1.20. The molecule has 138 valence electrons. The van der Waals surface area contributed by atoms with Crippen LogP contribution in [0.25, 0.3) is 11.3 Å². The Balaban J connectivity index is 2.08. The minimum atomic E-state index is -0.424. The Morgan fingerprint density at radius 1 is 1.04 bits per heavy atom. The van der Waals surface area contributed by atoms with Crippen molar-refractivity contribution >= 4 is 29.3 Å². The van der Waals surface area contributed by atoms with Gasteiger partial charge in [0.05, 0.1) is 18.0 Å². The molecule has 3 aromatic rings. The highest BCUT2D eigenvalue weighted by Crippen LogP contribution is 2.31. The minimum Gasteiger partial charge on any atom is -0.462 e. The number of carbonyl (C=O) groups excluding carboxylic acids is 1. The molecule has 3 rings (SSSR count). The molecule has 2 aromatic carbocycles. The van der Waals surface area contributed by atoms with E-state index in [2.05, 4.69) is 9.97 Å². The first-order valence-corrected chi connectivity index (χ1v) is 9.73. The maximum atomic E-state index is 12.5. The topological polar surface area (TPSA) is 52.1 Å². The molecule has 0 aliphatic rings. The summed E-state index contributed by atoms with van der Waals surface area (Å²) >= 11 is 7.46. The second kappa shape index (κ2) is 8.55. The maximum absolute atomic E-state index is 12.5. The van der Waals surface area contributed by atoms with Crippen LogP contribution in [-0.4, -0.2) is 22.5 Å². The van der Waals surface area contributed by atoms with Crippen LogP contribution in [0.15, 0.2) is 58.6 Å². The van der Waals surface area contributed by atoms with E-state index in [-0.39, 0.29) is 6.61 Å². The molecule has 6 heteroatoms. The Kier molecular flexibility index (Phi) is 6.14. The monoisotopic (exact) mass is 398 g/mol. The molecule has 0 bridgehead atoms. The van der Waals surface area contributed by atoms with Crippen molar-refractivity contribution < 1.29 is 9.53 Å². The molecule has 1 heterocycles. The zero-order valence-electron chi connectivity index (χ0n) is 15.3. The SMILES string of the molecule is CCOC(=O)c1c(C)nc(Sc2ccc(C)cc2)nc1-c1ccc(Cl)cc1. The van der Waals surface area contributed by atoms with Gasteiger partial charge in [-0.3, -0.25) is 0 Å². The first-order chi connectivity index (χ1) is 13.0. The number of carbonyl (C=O) groups is 1. The van der Waals surface area contributed by atoms with Gasteiger partial charge in [-0.15, -0.1) is 0 Å². The third kappa shape index (κ3) is 4.67. The molecule has 0 fully saturated rings. The van der Waals surface area contributed by atoms with Gasteiger partial charge in [0, 0.05) is 15.5 Å². The molecule has 0 aliphatic carbocycles. The third-order valence-electron chi connectivity index (χ3n) is 3.90. The average molecular weight is 399 g/mol. The Labute approximate surface area is 168 Å². The first kappa shape index (κ1) is 19.4. The van der Waals surface area contributed by atoms with Crippen molar-refractivity contribution in [3.8, 4) is 11.3 Å². The van der Waals surface area contributed by atoms with Crippen molar-refractivity contribution in [2.75, 3.05) is 6.61 Å². The van der Waals surface area contributed by atoms with Crippen LogP contribution in [0.1, 0.15) is 28.5 Å². The molecule has 1 aromatic heterocycles. The molecule has 0 aliphatic heterocycles. The zero-order chi connectivity index (χ0) is 19.4. The number of aromatic nitrogens is 2. The van der Waals surface area contributed by atoms with Crippen LogP contribution in [0.4, 0.5) is 0 Å². The lowest BCUT2D eigenvalue weighted by Gasteiger charge is -2.13. The maximum Gasteiger partial charge on any atom is 0.342 e. The number of ether oxygens (including phenoxy) is 1. The van der Waals surface area contributed by atoms with Crippen LogP contribution in [0.5, 0.6) is 0 Å². The lowest BCUT2D eigenvalue weighted by atomic mass is 10.0. The molecule has 0 radical (unpaired) electrons. The smallest absolute Gasteiger partial charge is 0.342 e. The number of benzene rings is 2. The molecule has 0 saturated heterocycles. The summed E-state index contributed by atoms with van der Waals surface area (Å²) in [6.45, 7) is 5.91. The van der Waals surface area contributed by atoms with Crippen LogP contribution in [0, 0.1) is 13.8 Å². The van der Waals surface area contributed by atoms with Gasteiger partial charge in [-0.05, 0) is 56.8 Å². The van der Waals surface area contributed by atoms with Gasteiger partial charge in [-0.25, -0.2) is 14.8 Å². The quantitative estimate of drug-likeness (QED) is 0.405. The average Bonchev–Trinajstić information content (AvgIpc) is 2.64. The molecule has 0 N–H and O–H groups in total. The summed E-state index contributed by atoms with van der Waals surface area (Å²) < 4.78 is 5.21. The highest BCUT2D eigenvalue weighted by atomic mass is 35.5. The van der Waals surface area contributed by atoms with E-state index in [0.29, 0.717) is 27.1 Å². The van der Waals surface area contributed by atoms with E-state index >= 15 is 0 Å². The highest BCUT2D eigenvalue weighted by molar-refractivity contribution is 7.99. The van der Waals surface area contributed by atoms with Gasteiger partial charge in [0.2, 0.25) is 0 Å². The first-order valence-electron chi connectivity index (χ1n) is 8.54. The summed E-state index contributed by atoms with van der Waals surface area (Å²) in [6.07, 6.45) is 0. The van der Waals surface area contributed by atoms with E-state index < -0.39 is 5.97 Å². The number of hydrogen-bond acceptors (Lipinski definition) is 5. The van der Waals surface area contributed by atoms with E-state index in [1.165, 1.54) is 17.3 Å². The summed E-state index contributed by atoms with van der Waals surface area (Å²) in [7, 11) is 0. The molecule has 0 atom stereocenters. The van der Waals surface area contributed by atoms with Crippen LogP contribution in [0.2, 0.25) is 5.02 Å². The van der Waals surface area contributed by atoms with Crippen molar-refractivity contribution in [3.63, 3.8) is 0 Å². The van der Waals surface area contributed by atoms with Crippen molar-refractivity contribution in [2.24, 2.45) is 0 Å². The number of aryl methyl sites for hydroxylation is 2. The number of halogens is 1. The molecule has 0 saturated carbocycles.